The van der Waals surface area contributed by atoms with Crippen molar-refractivity contribution in [2.75, 3.05) is 20.8 Å². The number of nitrogens with one attached hydrogen (secondary N) is 1. The first-order valence-corrected chi connectivity index (χ1v) is 8.19. The first kappa shape index (κ1) is 16.8. The number of rotatable bonds is 6. The molecule has 0 aliphatic rings. The minimum Gasteiger partial charge on any atom is -0.493 e. The molecule has 3 aromatic carbocycles. The Kier molecular flexibility index (Phi) is 5.19. The van der Waals surface area contributed by atoms with Crippen LogP contribution < -0.4 is 14.8 Å². The van der Waals surface area contributed by atoms with Gasteiger partial charge in [0.1, 0.15) is 0 Å². The molecule has 1 amide bonds. The predicted molar refractivity (Wildman–Crippen MR) is 99.5 cm³/mol. The van der Waals surface area contributed by atoms with Crippen LogP contribution in [0.25, 0.3) is 10.8 Å². The molecule has 0 atom stereocenters. The number of hydrogen-bond acceptors (Lipinski definition) is 3. The van der Waals surface area contributed by atoms with E-state index in [1.807, 2.05) is 60.7 Å². The monoisotopic (exact) mass is 335 g/mol. The minimum absolute atomic E-state index is 0.0637. The Hall–Kier alpha value is -3.01. The van der Waals surface area contributed by atoms with Crippen LogP contribution in [0.2, 0.25) is 0 Å². The van der Waals surface area contributed by atoms with Crippen LogP contribution in [0, 0.1) is 0 Å². The van der Waals surface area contributed by atoms with Gasteiger partial charge in [0.15, 0.2) is 11.5 Å². The van der Waals surface area contributed by atoms with Gasteiger partial charge in [-0.25, -0.2) is 0 Å². The topological polar surface area (TPSA) is 47.6 Å². The molecule has 0 aliphatic carbocycles. The van der Waals surface area contributed by atoms with Gasteiger partial charge in [0, 0.05) is 12.1 Å². The third kappa shape index (κ3) is 3.91. The number of amides is 1. The molecule has 0 radical (unpaired) electrons. The lowest BCUT2D eigenvalue weighted by Crippen LogP contribution is -2.25. The molecule has 4 heteroatoms. The van der Waals surface area contributed by atoms with Crippen molar-refractivity contribution in [3.8, 4) is 11.5 Å². The van der Waals surface area contributed by atoms with Crippen molar-refractivity contribution in [2.24, 2.45) is 0 Å². The number of carbonyl (C=O) groups is 1. The molecule has 1 N–H and O–H groups in total. The Labute approximate surface area is 147 Å². The van der Waals surface area contributed by atoms with Gasteiger partial charge in [0.25, 0.3) is 5.91 Å². The third-order valence-corrected chi connectivity index (χ3v) is 4.16. The Morgan fingerprint density at radius 2 is 1.64 bits per heavy atom. The Morgan fingerprint density at radius 3 is 2.40 bits per heavy atom. The fourth-order valence-electron chi connectivity index (χ4n) is 2.79. The molecule has 0 saturated heterocycles. The lowest BCUT2D eigenvalue weighted by Gasteiger charge is -2.10. The summed E-state index contributed by atoms with van der Waals surface area (Å²) in [6.07, 6.45) is 0.722. The molecule has 0 fully saturated rings. The minimum atomic E-state index is -0.0637. The molecule has 128 valence electrons. The Balaban J connectivity index is 1.62. The van der Waals surface area contributed by atoms with Crippen molar-refractivity contribution >= 4 is 16.7 Å². The fraction of sp³-hybridized carbons (Fsp3) is 0.190. The first-order chi connectivity index (χ1) is 12.2. The lowest BCUT2D eigenvalue weighted by atomic mass is 10.1. The maximum absolute atomic E-state index is 12.3. The Bertz CT molecular complexity index is 889. The van der Waals surface area contributed by atoms with E-state index in [-0.39, 0.29) is 5.91 Å². The average molecular weight is 335 g/mol. The lowest BCUT2D eigenvalue weighted by molar-refractivity contribution is 0.0954. The summed E-state index contributed by atoms with van der Waals surface area (Å²) in [6, 6.07) is 19.5. The van der Waals surface area contributed by atoms with Crippen molar-refractivity contribution in [3.05, 3.63) is 71.8 Å². The second-order valence-corrected chi connectivity index (χ2v) is 5.76. The van der Waals surface area contributed by atoms with E-state index in [0.29, 0.717) is 23.6 Å². The number of fused-ring (bicyclic) bond motifs is 1. The van der Waals surface area contributed by atoms with Crippen LogP contribution in [0.4, 0.5) is 0 Å². The molecular weight excluding hydrogens is 314 g/mol. The highest BCUT2D eigenvalue weighted by Gasteiger charge is 2.07. The van der Waals surface area contributed by atoms with Crippen LogP contribution in [0.3, 0.4) is 0 Å². The van der Waals surface area contributed by atoms with E-state index in [2.05, 4.69) is 5.32 Å². The number of carbonyl (C=O) groups excluding carboxylic acids is 1. The fourth-order valence-corrected chi connectivity index (χ4v) is 2.79. The quantitative estimate of drug-likeness (QED) is 0.745. The van der Waals surface area contributed by atoms with Gasteiger partial charge in [-0.1, -0.05) is 36.4 Å². The highest BCUT2D eigenvalue weighted by atomic mass is 16.5. The zero-order chi connectivity index (χ0) is 17.6. The summed E-state index contributed by atoms with van der Waals surface area (Å²) in [5.41, 5.74) is 1.75. The summed E-state index contributed by atoms with van der Waals surface area (Å²) >= 11 is 0. The van der Waals surface area contributed by atoms with E-state index in [1.54, 1.807) is 14.2 Å². The van der Waals surface area contributed by atoms with Gasteiger partial charge in [0.05, 0.1) is 14.2 Å². The van der Waals surface area contributed by atoms with Gasteiger partial charge in [-0.05, 0) is 47.0 Å². The predicted octanol–water partition coefficient (Wildman–Crippen LogP) is 3.83. The van der Waals surface area contributed by atoms with E-state index >= 15 is 0 Å². The molecule has 0 unspecified atom stereocenters. The number of hydrogen-bond donors (Lipinski definition) is 1. The molecule has 0 spiro atoms. The van der Waals surface area contributed by atoms with Crippen LogP contribution in [-0.4, -0.2) is 26.7 Å². The van der Waals surface area contributed by atoms with Crippen molar-refractivity contribution in [1.29, 1.82) is 0 Å². The second kappa shape index (κ2) is 7.71. The highest BCUT2D eigenvalue weighted by Crippen LogP contribution is 2.27. The van der Waals surface area contributed by atoms with Crippen molar-refractivity contribution in [3.63, 3.8) is 0 Å². The van der Waals surface area contributed by atoms with Crippen molar-refractivity contribution in [1.82, 2.24) is 5.32 Å². The van der Waals surface area contributed by atoms with E-state index < -0.39 is 0 Å². The van der Waals surface area contributed by atoms with Crippen molar-refractivity contribution in [2.45, 2.75) is 6.42 Å². The molecule has 0 saturated carbocycles. The van der Waals surface area contributed by atoms with Crippen LogP contribution in [-0.2, 0) is 6.42 Å². The standard InChI is InChI=1S/C21H21NO3/c1-24-19-10-7-15(13-20(19)25-2)11-12-22-21(23)18-9-8-16-5-3-4-6-17(16)14-18/h3-10,13-14H,11-12H2,1-2H3,(H,22,23). The molecule has 3 aromatic rings. The maximum atomic E-state index is 12.3. The summed E-state index contributed by atoms with van der Waals surface area (Å²) in [5.74, 6) is 1.33. The summed E-state index contributed by atoms with van der Waals surface area (Å²) in [7, 11) is 3.23. The average Bonchev–Trinajstić information content (AvgIpc) is 2.67. The maximum Gasteiger partial charge on any atom is 0.251 e. The summed E-state index contributed by atoms with van der Waals surface area (Å²) in [4.78, 5) is 12.3. The number of methoxy groups -OCH3 is 2. The van der Waals surface area contributed by atoms with Gasteiger partial charge in [-0.3, -0.25) is 4.79 Å². The molecule has 0 bridgehead atoms. The number of benzene rings is 3. The molecule has 0 aliphatic heterocycles. The van der Waals surface area contributed by atoms with Gasteiger partial charge in [0.2, 0.25) is 0 Å². The molecule has 0 aromatic heterocycles. The van der Waals surface area contributed by atoms with Gasteiger partial charge >= 0.3 is 0 Å². The van der Waals surface area contributed by atoms with Crippen LogP contribution >= 0.6 is 0 Å². The molecular formula is C21H21NO3. The summed E-state index contributed by atoms with van der Waals surface area (Å²) in [6.45, 7) is 0.557. The highest BCUT2D eigenvalue weighted by molar-refractivity contribution is 5.98. The SMILES string of the molecule is COc1ccc(CCNC(=O)c2ccc3ccccc3c2)cc1OC. The van der Waals surface area contributed by atoms with Gasteiger partial charge < -0.3 is 14.8 Å². The smallest absolute Gasteiger partial charge is 0.251 e. The summed E-state index contributed by atoms with van der Waals surface area (Å²) < 4.78 is 10.5. The van der Waals surface area contributed by atoms with E-state index in [9.17, 15) is 4.79 Å². The van der Waals surface area contributed by atoms with E-state index in [4.69, 9.17) is 9.47 Å². The second-order valence-electron chi connectivity index (χ2n) is 5.76. The summed E-state index contributed by atoms with van der Waals surface area (Å²) in [5, 5.41) is 5.16. The van der Waals surface area contributed by atoms with Gasteiger partial charge in [-0.15, -0.1) is 0 Å². The molecule has 4 nitrogen and oxygen atoms in total. The van der Waals surface area contributed by atoms with Crippen LogP contribution in [0.15, 0.2) is 60.7 Å². The van der Waals surface area contributed by atoms with Gasteiger partial charge in [-0.2, -0.15) is 0 Å². The van der Waals surface area contributed by atoms with E-state index in [0.717, 1.165) is 22.8 Å². The van der Waals surface area contributed by atoms with Crippen LogP contribution in [0.1, 0.15) is 15.9 Å². The molecule has 3 rings (SSSR count). The first-order valence-electron chi connectivity index (χ1n) is 8.19. The normalized spacial score (nSPS) is 10.5. The zero-order valence-corrected chi connectivity index (χ0v) is 14.4. The van der Waals surface area contributed by atoms with Crippen molar-refractivity contribution < 1.29 is 14.3 Å². The third-order valence-electron chi connectivity index (χ3n) is 4.16. The number of ether oxygens (including phenoxy) is 2. The largest absolute Gasteiger partial charge is 0.493 e. The van der Waals surface area contributed by atoms with E-state index in [1.165, 1.54) is 0 Å². The Morgan fingerprint density at radius 1 is 0.880 bits per heavy atom. The zero-order valence-electron chi connectivity index (χ0n) is 14.4. The molecule has 0 heterocycles. The van der Waals surface area contributed by atoms with Crippen LogP contribution in [0.5, 0.6) is 11.5 Å². The molecule has 25 heavy (non-hydrogen) atoms.